The Morgan fingerprint density at radius 3 is 2.36 bits per heavy atom. The maximum atomic E-state index is 14.8. The lowest BCUT2D eigenvalue weighted by Gasteiger charge is -2.48. The smallest absolute Gasteiger partial charge is 0.410 e. The number of cyclic esters (lactones) is 1. The lowest BCUT2D eigenvalue weighted by atomic mass is 9.73. The number of aryl methyl sites for hydroxylation is 1. The first-order chi connectivity index (χ1) is 28.7. The van der Waals surface area contributed by atoms with Crippen LogP contribution >= 0.6 is 0 Å². The second-order valence-corrected chi connectivity index (χ2v) is 18.4. The van der Waals surface area contributed by atoms with E-state index in [9.17, 15) is 29.6 Å². The molecule has 340 valence electrons. The molecule has 17 heteroatoms. The number of nitro benzene ring substituents is 1. The van der Waals surface area contributed by atoms with Gasteiger partial charge in [-0.05, 0) is 73.9 Å². The fourth-order valence-electron chi connectivity index (χ4n) is 10.1. The van der Waals surface area contributed by atoms with Gasteiger partial charge in [-0.25, -0.2) is 4.79 Å². The Morgan fingerprint density at radius 1 is 1.03 bits per heavy atom. The van der Waals surface area contributed by atoms with Crippen molar-refractivity contribution in [1.82, 2.24) is 24.8 Å². The standard InChI is InChI=1S/C44H68N6O11/c1-13-35-44(9)38(49(42(54)61-44)20-15-14-19-48-24-33(45-46-48)31-17-16-18-32(22-31)50(55)56)28(5)36(51)25(2)23-43(8,57-12)39(29(6)37(52)30(7)40(53)59-35)60-41-27(4)34(47(10)11)21-26(3)58-41/h16-18,22,24-30,34-35,37-39,41,52H,13-15,19-21,23H2,1-12H3/t25-,26-,27+,28+,29+,30-,34+,35-,37+,38+,39-,41+,43+,44-/m1/s1. The summed E-state index contributed by atoms with van der Waals surface area (Å²) in [4.78, 5) is 57.3. The highest BCUT2D eigenvalue weighted by Crippen LogP contribution is 2.44. The highest BCUT2D eigenvalue weighted by molar-refractivity contribution is 5.85. The van der Waals surface area contributed by atoms with Crippen molar-refractivity contribution >= 4 is 23.5 Å². The third-order valence-corrected chi connectivity index (χ3v) is 13.7. The number of aliphatic hydroxyl groups excluding tert-OH is 1. The molecule has 3 saturated heterocycles. The first-order valence-electron chi connectivity index (χ1n) is 21.8. The number of aliphatic hydroxyl groups is 1. The van der Waals surface area contributed by atoms with Crippen LogP contribution in [0.15, 0.2) is 30.5 Å². The van der Waals surface area contributed by atoms with Crippen LogP contribution in [0, 0.1) is 39.7 Å². The second-order valence-electron chi connectivity index (χ2n) is 18.4. The molecule has 0 unspecified atom stereocenters. The minimum absolute atomic E-state index is 0.0447. The molecule has 0 radical (unpaired) electrons. The average Bonchev–Trinajstić information content (AvgIpc) is 3.80. The Bertz CT molecular complexity index is 1860. The van der Waals surface area contributed by atoms with E-state index in [1.807, 2.05) is 48.7 Å². The van der Waals surface area contributed by atoms with Crippen LogP contribution in [-0.2, 0) is 39.8 Å². The molecule has 1 amide bonds. The Morgan fingerprint density at radius 2 is 1.72 bits per heavy atom. The molecule has 0 bridgehead atoms. The van der Waals surface area contributed by atoms with Crippen LogP contribution in [0.4, 0.5) is 10.5 Å². The van der Waals surface area contributed by atoms with Crippen molar-refractivity contribution in [2.24, 2.45) is 29.6 Å². The number of ether oxygens (including phenoxy) is 5. The van der Waals surface area contributed by atoms with Crippen molar-refractivity contribution in [2.45, 2.75) is 155 Å². The van der Waals surface area contributed by atoms with Crippen molar-refractivity contribution in [3.63, 3.8) is 0 Å². The van der Waals surface area contributed by atoms with Gasteiger partial charge in [0.05, 0.1) is 47.0 Å². The third-order valence-electron chi connectivity index (χ3n) is 13.7. The highest BCUT2D eigenvalue weighted by atomic mass is 16.7. The molecule has 4 heterocycles. The van der Waals surface area contributed by atoms with Gasteiger partial charge in [0.25, 0.3) is 5.69 Å². The molecule has 1 aromatic heterocycles. The summed E-state index contributed by atoms with van der Waals surface area (Å²) in [7, 11) is 5.63. The van der Waals surface area contributed by atoms with Gasteiger partial charge >= 0.3 is 12.1 Å². The molecular formula is C44H68N6O11. The van der Waals surface area contributed by atoms with Gasteiger partial charge in [-0.3, -0.25) is 24.4 Å². The molecule has 0 saturated carbocycles. The predicted molar refractivity (Wildman–Crippen MR) is 225 cm³/mol. The number of unbranched alkanes of at least 4 members (excludes halogenated alkanes) is 1. The predicted octanol–water partition coefficient (Wildman–Crippen LogP) is 5.90. The summed E-state index contributed by atoms with van der Waals surface area (Å²) in [6.45, 7) is 17.3. The largest absolute Gasteiger partial charge is 0.458 e. The number of aromatic nitrogens is 3. The number of esters is 1. The monoisotopic (exact) mass is 856 g/mol. The number of nitro groups is 1. The molecule has 3 fully saturated rings. The summed E-state index contributed by atoms with van der Waals surface area (Å²) < 4.78 is 33.6. The molecular weight excluding hydrogens is 789 g/mol. The molecule has 14 atom stereocenters. The van der Waals surface area contributed by atoms with Crippen molar-refractivity contribution < 1.29 is 48.1 Å². The SMILES string of the molecule is CC[C@H]1OC(=O)[C@H](C)[C@@H](O)[C@H](C)[C@@H](O[C@@H]2O[C@H](C)C[C@H](N(C)C)[C@@H]2C)[C@@](C)(OC)C[C@@H](C)C(=O)[C@H](C)[C@@H]2N(CCCCn3cc(-c4cccc([N+](=O)[O-])c4)nn3)C(=O)O[C@@]21C. The normalized spacial score (nSPS) is 36.6. The third kappa shape index (κ3) is 10.1. The molecule has 0 aliphatic carbocycles. The van der Waals surface area contributed by atoms with Gasteiger partial charge < -0.3 is 38.6 Å². The first kappa shape index (κ1) is 48.0. The molecule has 5 rings (SSSR count). The zero-order valence-electron chi connectivity index (χ0n) is 38.0. The summed E-state index contributed by atoms with van der Waals surface area (Å²) in [5.74, 6) is -3.85. The van der Waals surface area contributed by atoms with E-state index in [2.05, 4.69) is 22.1 Å². The number of Topliss-reactive ketones (excluding diaryl/α,β-unsaturated/α-hetero) is 1. The molecule has 3 aliphatic rings. The molecule has 3 aliphatic heterocycles. The van der Waals surface area contributed by atoms with Crippen LogP contribution in [-0.4, -0.2) is 134 Å². The second kappa shape index (κ2) is 19.6. The van der Waals surface area contributed by atoms with Crippen molar-refractivity contribution in [2.75, 3.05) is 27.7 Å². The number of hydrogen-bond donors (Lipinski definition) is 1. The first-order valence-corrected chi connectivity index (χ1v) is 21.8. The van der Waals surface area contributed by atoms with Crippen molar-refractivity contribution in [3.8, 4) is 11.3 Å². The lowest BCUT2D eigenvalue weighted by Crippen LogP contribution is -2.59. The summed E-state index contributed by atoms with van der Waals surface area (Å²) >= 11 is 0. The minimum atomic E-state index is -1.40. The van der Waals surface area contributed by atoms with Gasteiger partial charge in [0.1, 0.15) is 17.6 Å². The number of methoxy groups -OCH3 is 1. The molecule has 1 aromatic carbocycles. The van der Waals surface area contributed by atoms with E-state index in [1.54, 1.807) is 55.8 Å². The number of carbonyl (C=O) groups excluding carboxylic acids is 3. The zero-order chi connectivity index (χ0) is 45.1. The maximum absolute atomic E-state index is 14.8. The number of hydrogen-bond acceptors (Lipinski definition) is 14. The molecule has 0 spiro atoms. The Labute approximate surface area is 359 Å². The van der Waals surface area contributed by atoms with Gasteiger partial charge in [-0.1, -0.05) is 52.0 Å². The van der Waals surface area contributed by atoms with Crippen LogP contribution in [0.25, 0.3) is 11.3 Å². The Kier molecular flexibility index (Phi) is 15.4. The molecule has 1 N–H and O–H groups in total. The number of non-ortho nitro benzene ring substituents is 1. The zero-order valence-corrected chi connectivity index (χ0v) is 38.0. The number of fused-ring (bicyclic) bond motifs is 1. The fraction of sp³-hybridized carbons (Fsp3) is 0.750. The van der Waals surface area contributed by atoms with E-state index in [1.165, 1.54) is 12.1 Å². The van der Waals surface area contributed by atoms with Crippen LogP contribution in [0.5, 0.6) is 0 Å². The number of carbonyl (C=O) groups is 3. The molecule has 61 heavy (non-hydrogen) atoms. The van der Waals surface area contributed by atoms with E-state index in [0.29, 0.717) is 30.6 Å². The van der Waals surface area contributed by atoms with E-state index in [4.69, 9.17) is 23.7 Å². The van der Waals surface area contributed by atoms with Gasteiger partial charge in [0.15, 0.2) is 11.9 Å². The van der Waals surface area contributed by atoms with Gasteiger partial charge in [0.2, 0.25) is 0 Å². The van der Waals surface area contributed by atoms with Crippen molar-refractivity contribution in [3.05, 3.63) is 40.6 Å². The highest BCUT2D eigenvalue weighted by Gasteiger charge is 2.60. The summed E-state index contributed by atoms with van der Waals surface area (Å²) in [6.07, 6.45) is -0.238. The van der Waals surface area contributed by atoms with Gasteiger partial charge in [-0.15, -0.1) is 5.10 Å². The van der Waals surface area contributed by atoms with E-state index >= 15 is 0 Å². The van der Waals surface area contributed by atoms with Gasteiger partial charge in [0, 0.05) is 67.6 Å². The summed E-state index contributed by atoms with van der Waals surface area (Å²) in [6, 6.07) is 5.54. The quantitative estimate of drug-likeness (QED) is 0.115. The van der Waals surface area contributed by atoms with E-state index < -0.39 is 82.5 Å². The average molecular weight is 857 g/mol. The fourth-order valence-corrected chi connectivity index (χ4v) is 10.1. The lowest BCUT2D eigenvalue weighted by molar-refractivity contribution is -0.384. The minimum Gasteiger partial charge on any atom is -0.458 e. The number of benzene rings is 1. The number of nitrogens with zero attached hydrogens (tertiary/aromatic N) is 6. The topological polar surface area (TPSA) is 198 Å². The number of amides is 1. The summed E-state index contributed by atoms with van der Waals surface area (Å²) in [5.41, 5.74) is -1.52. The van der Waals surface area contributed by atoms with Crippen molar-refractivity contribution in [1.29, 1.82) is 0 Å². The van der Waals surface area contributed by atoms with Crippen LogP contribution in [0.3, 0.4) is 0 Å². The van der Waals surface area contributed by atoms with Gasteiger partial charge in [-0.2, -0.15) is 0 Å². The molecule has 2 aromatic rings. The van der Waals surface area contributed by atoms with Crippen LogP contribution in [0.1, 0.15) is 94.4 Å². The van der Waals surface area contributed by atoms with E-state index in [-0.39, 0.29) is 48.9 Å². The van der Waals surface area contributed by atoms with Crippen LogP contribution < -0.4 is 0 Å². The molecule has 17 nitrogen and oxygen atoms in total. The number of ketones is 1. The Balaban J connectivity index is 1.41. The van der Waals surface area contributed by atoms with Crippen LogP contribution in [0.2, 0.25) is 0 Å². The van der Waals surface area contributed by atoms with E-state index in [0.717, 1.165) is 6.42 Å². The Hall–Kier alpha value is -4.03. The maximum Gasteiger partial charge on any atom is 0.410 e. The summed E-state index contributed by atoms with van der Waals surface area (Å²) in [5, 5.41) is 31.7. The number of rotatable bonds is 12.